The van der Waals surface area contributed by atoms with Crippen LogP contribution < -0.4 is 4.74 Å². The molecule has 3 aromatic rings. The minimum Gasteiger partial charge on any atom is -0.492 e. The zero-order valence-electron chi connectivity index (χ0n) is 15.2. The van der Waals surface area contributed by atoms with Gasteiger partial charge in [-0.3, -0.25) is 15.0 Å². The third-order valence-corrected chi connectivity index (χ3v) is 5.10. The third-order valence-electron chi connectivity index (χ3n) is 5.10. The smallest absolute Gasteiger partial charge is 0.141 e. The molecule has 138 valence electrons. The molecule has 2 aliphatic heterocycles. The molecule has 0 saturated carbocycles. The summed E-state index contributed by atoms with van der Waals surface area (Å²) in [6.45, 7) is 0.728. The molecule has 0 N–H and O–H groups in total. The summed E-state index contributed by atoms with van der Waals surface area (Å²) in [5.41, 5.74) is 6.85. The highest BCUT2D eigenvalue weighted by molar-refractivity contribution is 6.16. The molecule has 4 heterocycles. The van der Waals surface area contributed by atoms with Crippen molar-refractivity contribution in [3.8, 4) is 5.75 Å². The number of hydrogen-bond acceptors (Lipinski definition) is 4. The normalized spacial score (nSPS) is 15.8. The van der Waals surface area contributed by atoms with Gasteiger partial charge in [0.15, 0.2) is 0 Å². The Kier molecular flexibility index (Phi) is 4.20. The number of aliphatic imine (C=N–C) groups is 1. The van der Waals surface area contributed by atoms with Crippen LogP contribution in [0.5, 0.6) is 5.75 Å². The molecule has 0 unspecified atom stereocenters. The first kappa shape index (κ1) is 16.8. The van der Waals surface area contributed by atoms with Gasteiger partial charge in [0.2, 0.25) is 0 Å². The van der Waals surface area contributed by atoms with Crippen molar-refractivity contribution in [3.05, 3.63) is 89.3 Å². The van der Waals surface area contributed by atoms with Crippen molar-refractivity contribution in [1.29, 1.82) is 0 Å². The molecule has 0 bridgehead atoms. The van der Waals surface area contributed by atoms with Crippen molar-refractivity contribution < 1.29 is 9.13 Å². The molecular formula is C23H18FN3O. The van der Waals surface area contributed by atoms with Crippen molar-refractivity contribution in [2.75, 3.05) is 6.61 Å². The van der Waals surface area contributed by atoms with Crippen LogP contribution >= 0.6 is 0 Å². The van der Waals surface area contributed by atoms with Gasteiger partial charge >= 0.3 is 0 Å². The van der Waals surface area contributed by atoms with Gasteiger partial charge in [0.25, 0.3) is 0 Å². The Morgan fingerprint density at radius 3 is 2.57 bits per heavy atom. The number of pyridine rings is 2. The lowest BCUT2D eigenvalue weighted by molar-refractivity contribution is 0.285. The Balaban J connectivity index is 1.59. The molecule has 2 aromatic heterocycles. The molecule has 1 aromatic carbocycles. The van der Waals surface area contributed by atoms with Crippen LogP contribution in [-0.2, 0) is 6.42 Å². The number of nitrogens with zero attached hydrogens (tertiary/aromatic N) is 3. The van der Waals surface area contributed by atoms with Gasteiger partial charge in [0, 0.05) is 36.1 Å². The van der Waals surface area contributed by atoms with Crippen molar-refractivity contribution in [3.63, 3.8) is 0 Å². The summed E-state index contributed by atoms with van der Waals surface area (Å²) in [4.78, 5) is 13.6. The third kappa shape index (κ3) is 3.09. The lowest BCUT2D eigenvalue weighted by Crippen LogP contribution is -2.10. The molecule has 0 spiro atoms. The Morgan fingerprint density at radius 1 is 0.929 bits per heavy atom. The number of halogens is 1. The number of benzene rings is 1. The number of allylic oxidation sites excluding steroid dienone is 1. The van der Waals surface area contributed by atoms with Gasteiger partial charge in [0.05, 0.1) is 23.7 Å². The number of fused-ring (bicyclic) bond motifs is 1. The standard InChI is InChI=1S/C23H18FN3O/c24-18-5-3-15(4-6-18)21-13-19(23(27-21)16-7-9-25-10-8-16)17-12-22-20(26-14-17)2-1-11-28-22/h3-10,12,14H,1-2,11,13H2. The Labute approximate surface area is 162 Å². The van der Waals surface area contributed by atoms with Crippen LogP contribution in [0.15, 0.2) is 66.0 Å². The number of hydrogen-bond donors (Lipinski definition) is 0. The van der Waals surface area contributed by atoms with Gasteiger partial charge in [-0.2, -0.15) is 0 Å². The monoisotopic (exact) mass is 371 g/mol. The molecule has 0 amide bonds. The average Bonchev–Trinajstić information content (AvgIpc) is 3.20. The number of rotatable bonds is 3. The maximum Gasteiger partial charge on any atom is 0.141 e. The van der Waals surface area contributed by atoms with E-state index in [0.717, 1.165) is 64.6 Å². The topological polar surface area (TPSA) is 47.4 Å². The summed E-state index contributed by atoms with van der Waals surface area (Å²) in [5.74, 6) is 0.612. The van der Waals surface area contributed by atoms with E-state index in [1.54, 1.807) is 24.5 Å². The second-order valence-electron chi connectivity index (χ2n) is 6.93. The maximum atomic E-state index is 13.3. The molecule has 2 aliphatic rings. The number of ether oxygens (including phenoxy) is 1. The summed E-state index contributed by atoms with van der Waals surface area (Å²) in [7, 11) is 0. The van der Waals surface area contributed by atoms with E-state index in [0.29, 0.717) is 6.42 Å². The van der Waals surface area contributed by atoms with E-state index in [4.69, 9.17) is 9.73 Å². The lowest BCUT2D eigenvalue weighted by Gasteiger charge is -2.17. The molecular weight excluding hydrogens is 353 g/mol. The lowest BCUT2D eigenvalue weighted by atomic mass is 9.96. The van der Waals surface area contributed by atoms with Crippen LogP contribution in [-0.4, -0.2) is 22.3 Å². The van der Waals surface area contributed by atoms with Gasteiger partial charge in [-0.25, -0.2) is 4.39 Å². The fourth-order valence-corrected chi connectivity index (χ4v) is 3.66. The van der Waals surface area contributed by atoms with Gasteiger partial charge < -0.3 is 4.74 Å². The van der Waals surface area contributed by atoms with E-state index in [-0.39, 0.29) is 5.82 Å². The van der Waals surface area contributed by atoms with Crippen LogP contribution in [0.4, 0.5) is 4.39 Å². The highest BCUT2D eigenvalue weighted by atomic mass is 19.1. The first-order valence-electron chi connectivity index (χ1n) is 9.37. The van der Waals surface area contributed by atoms with Gasteiger partial charge in [-0.05, 0) is 54.3 Å². The van der Waals surface area contributed by atoms with E-state index in [2.05, 4.69) is 16.0 Å². The number of aromatic nitrogens is 2. The molecule has 28 heavy (non-hydrogen) atoms. The van der Waals surface area contributed by atoms with E-state index in [1.807, 2.05) is 18.3 Å². The molecule has 0 saturated heterocycles. The van der Waals surface area contributed by atoms with Crippen molar-refractivity contribution in [2.45, 2.75) is 19.3 Å². The Morgan fingerprint density at radius 2 is 1.75 bits per heavy atom. The Bertz CT molecular complexity index is 1090. The molecule has 0 fully saturated rings. The summed E-state index contributed by atoms with van der Waals surface area (Å²) >= 11 is 0. The predicted octanol–water partition coefficient (Wildman–Crippen LogP) is 4.70. The second-order valence-corrected chi connectivity index (χ2v) is 6.93. The first-order valence-corrected chi connectivity index (χ1v) is 9.37. The van der Waals surface area contributed by atoms with Crippen LogP contribution in [0.1, 0.15) is 35.2 Å². The summed E-state index contributed by atoms with van der Waals surface area (Å²) in [6, 6.07) is 12.5. The Hall–Kier alpha value is -3.34. The summed E-state index contributed by atoms with van der Waals surface area (Å²) in [6.07, 6.45) is 8.04. The second kappa shape index (κ2) is 7.00. The van der Waals surface area contributed by atoms with Crippen molar-refractivity contribution >= 4 is 17.0 Å². The molecule has 4 nitrogen and oxygen atoms in total. The molecule has 5 heteroatoms. The van der Waals surface area contributed by atoms with E-state index >= 15 is 0 Å². The van der Waals surface area contributed by atoms with Gasteiger partial charge in [-0.1, -0.05) is 12.1 Å². The maximum absolute atomic E-state index is 13.3. The van der Waals surface area contributed by atoms with Crippen LogP contribution in [0.2, 0.25) is 0 Å². The van der Waals surface area contributed by atoms with Crippen molar-refractivity contribution in [2.24, 2.45) is 4.99 Å². The molecule has 0 radical (unpaired) electrons. The minimum atomic E-state index is -0.249. The van der Waals surface area contributed by atoms with Gasteiger partial charge in [-0.15, -0.1) is 0 Å². The predicted molar refractivity (Wildman–Crippen MR) is 107 cm³/mol. The van der Waals surface area contributed by atoms with Crippen LogP contribution in [0, 0.1) is 5.82 Å². The average molecular weight is 371 g/mol. The van der Waals surface area contributed by atoms with Crippen LogP contribution in [0.3, 0.4) is 0 Å². The highest BCUT2D eigenvalue weighted by Crippen LogP contribution is 2.38. The zero-order chi connectivity index (χ0) is 18.9. The summed E-state index contributed by atoms with van der Waals surface area (Å²) < 4.78 is 19.2. The fraction of sp³-hybridized carbons (Fsp3) is 0.174. The minimum absolute atomic E-state index is 0.249. The first-order chi connectivity index (χ1) is 13.8. The quantitative estimate of drug-likeness (QED) is 0.670. The largest absolute Gasteiger partial charge is 0.492 e. The molecule has 0 atom stereocenters. The van der Waals surface area contributed by atoms with E-state index < -0.39 is 0 Å². The molecule has 5 rings (SSSR count). The summed E-state index contributed by atoms with van der Waals surface area (Å²) in [5, 5.41) is 0. The van der Waals surface area contributed by atoms with E-state index in [1.165, 1.54) is 12.1 Å². The molecule has 0 aliphatic carbocycles. The van der Waals surface area contributed by atoms with Crippen LogP contribution in [0.25, 0.3) is 11.3 Å². The van der Waals surface area contributed by atoms with E-state index in [9.17, 15) is 4.39 Å². The van der Waals surface area contributed by atoms with Gasteiger partial charge in [0.1, 0.15) is 11.6 Å². The fourth-order valence-electron chi connectivity index (χ4n) is 3.66. The number of aryl methyl sites for hydroxylation is 1. The zero-order valence-corrected chi connectivity index (χ0v) is 15.2. The highest BCUT2D eigenvalue weighted by Gasteiger charge is 2.23. The SMILES string of the molecule is Fc1ccc(C2=NC(c3ccncc3)=C(c3cnc4c(c3)OCCC4)C2)cc1. The van der Waals surface area contributed by atoms with Crippen molar-refractivity contribution in [1.82, 2.24) is 9.97 Å².